The fourth-order valence-electron chi connectivity index (χ4n) is 1.53. The molecule has 0 saturated heterocycles. The lowest BCUT2D eigenvalue weighted by atomic mass is 10.2. The van der Waals surface area contributed by atoms with Crippen molar-refractivity contribution in [3.05, 3.63) is 51.5 Å². The summed E-state index contributed by atoms with van der Waals surface area (Å²) in [6.45, 7) is 1.79. The first-order valence-corrected chi connectivity index (χ1v) is 6.25. The standard InChI is InChI=1S/C13H10FNO3S/c1-7-4-5-19-11(7)12(16)15-10-3-2-8(13(17)18)6-9(10)14/h2-6H,1H3,(H,15,16)(H,17,18). The van der Waals surface area contributed by atoms with Gasteiger partial charge in [0, 0.05) is 0 Å². The Morgan fingerprint density at radius 3 is 2.58 bits per heavy atom. The number of nitrogens with one attached hydrogen (secondary N) is 1. The van der Waals surface area contributed by atoms with Gasteiger partial charge in [-0.15, -0.1) is 11.3 Å². The Labute approximate surface area is 112 Å². The first-order valence-electron chi connectivity index (χ1n) is 5.37. The molecule has 0 spiro atoms. The van der Waals surface area contributed by atoms with Crippen LogP contribution in [-0.4, -0.2) is 17.0 Å². The molecule has 98 valence electrons. The lowest BCUT2D eigenvalue weighted by molar-refractivity contribution is 0.0696. The van der Waals surface area contributed by atoms with E-state index in [2.05, 4.69) is 5.32 Å². The SMILES string of the molecule is Cc1ccsc1C(=O)Nc1ccc(C(=O)O)cc1F. The molecule has 1 amide bonds. The molecule has 6 heteroatoms. The molecule has 19 heavy (non-hydrogen) atoms. The molecule has 0 unspecified atom stereocenters. The third-order valence-corrected chi connectivity index (χ3v) is 3.55. The number of anilines is 1. The van der Waals surface area contributed by atoms with E-state index in [0.717, 1.165) is 11.6 Å². The summed E-state index contributed by atoms with van der Waals surface area (Å²) in [5.74, 6) is -2.40. The smallest absolute Gasteiger partial charge is 0.335 e. The number of carbonyl (C=O) groups is 2. The Morgan fingerprint density at radius 1 is 1.32 bits per heavy atom. The van der Waals surface area contributed by atoms with E-state index in [9.17, 15) is 14.0 Å². The van der Waals surface area contributed by atoms with Crippen LogP contribution in [0, 0.1) is 12.7 Å². The van der Waals surface area contributed by atoms with Gasteiger partial charge in [-0.2, -0.15) is 0 Å². The second-order valence-corrected chi connectivity index (χ2v) is 4.80. The lowest BCUT2D eigenvalue weighted by Crippen LogP contribution is -2.13. The Balaban J connectivity index is 2.23. The molecule has 0 fully saturated rings. The van der Waals surface area contributed by atoms with Crippen molar-refractivity contribution in [2.24, 2.45) is 0 Å². The first kappa shape index (κ1) is 13.2. The van der Waals surface area contributed by atoms with Gasteiger partial charge in [-0.25, -0.2) is 9.18 Å². The number of benzene rings is 1. The average Bonchev–Trinajstić information content (AvgIpc) is 2.77. The molecular formula is C13H10FNO3S. The van der Waals surface area contributed by atoms with Crippen molar-refractivity contribution < 1.29 is 19.1 Å². The number of thiophene rings is 1. The van der Waals surface area contributed by atoms with Crippen molar-refractivity contribution in [2.45, 2.75) is 6.92 Å². The molecule has 4 nitrogen and oxygen atoms in total. The van der Waals surface area contributed by atoms with Gasteiger partial charge in [0.1, 0.15) is 5.82 Å². The van der Waals surface area contributed by atoms with Crippen LogP contribution in [0.2, 0.25) is 0 Å². The van der Waals surface area contributed by atoms with Crippen LogP contribution in [0.15, 0.2) is 29.6 Å². The summed E-state index contributed by atoms with van der Waals surface area (Å²) in [6.07, 6.45) is 0. The van der Waals surface area contributed by atoms with Crippen LogP contribution in [0.25, 0.3) is 0 Å². The number of hydrogen-bond acceptors (Lipinski definition) is 3. The van der Waals surface area contributed by atoms with Crippen LogP contribution in [0.5, 0.6) is 0 Å². The van der Waals surface area contributed by atoms with Crippen molar-refractivity contribution >= 4 is 28.9 Å². The molecular weight excluding hydrogens is 269 g/mol. The summed E-state index contributed by atoms with van der Waals surface area (Å²) in [5, 5.41) is 12.9. The summed E-state index contributed by atoms with van der Waals surface area (Å²) >= 11 is 1.26. The van der Waals surface area contributed by atoms with E-state index in [4.69, 9.17) is 5.11 Å². The van der Waals surface area contributed by atoms with Crippen molar-refractivity contribution in [3.63, 3.8) is 0 Å². The molecule has 0 aliphatic heterocycles. The van der Waals surface area contributed by atoms with E-state index in [1.807, 2.05) is 0 Å². The Hall–Kier alpha value is -2.21. The van der Waals surface area contributed by atoms with Crippen LogP contribution < -0.4 is 5.32 Å². The molecule has 1 aromatic carbocycles. The number of aromatic carboxylic acids is 1. The van der Waals surface area contributed by atoms with Gasteiger partial charge in [0.15, 0.2) is 0 Å². The summed E-state index contributed by atoms with van der Waals surface area (Å²) < 4.78 is 13.6. The quantitative estimate of drug-likeness (QED) is 0.907. The first-order chi connectivity index (χ1) is 8.99. The minimum absolute atomic E-state index is 0.0391. The monoisotopic (exact) mass is 279 g/mol. The van der Waals surface area contributed by atoms with Crippen molar-refractivity contribution in [1.82, 2.24) is 0 Å². The molecule has 1 aromatic heterocycles. The summed E-state index contributed by atoms with van der Waals surface area (Å²) in [6, 6.07) is 5.14. The highest BCUT2D eigenvalue weighted by atomic mass is 32.1. The van der Waals surface area contributed by atoms with Gasteiger partial charge >= 0.3 is 5.97 Å². The minimum atomic E-state index is -1.22. The van der Waals surface area contributed by atoms with E-state index in [1.165, 1.54) is 23.5 Å². The Morgan fingerprint density at radius 2 is 2.05 bits per heavy atom. The molecule has 1 heterocycles. The van der Waals surface area contributed by atoms with E-state index >= 15 is 0 Å². The topological polar surface area (TPSA) is 66.4 Å². The predicted octanol–water partition coefficient (Wildman–Crippen LogP) is 3.15. The molecule has 2 rings (SSSR count). The highest BCUT2D eigenvalue weighted by Crippen LogP contribution is 2.20. The molecule has 0 atom stereocenters. The highest BCUT2D eigenvalue weighted by molar-refractivity contribution is 7.12. The van der Waals surface area contributed by atoms with Gasteiger partial charge < -0.3 is 10.4 Å². The lowest BCUT2D eigenvalue weighted by Gasteiger charge is -2.06. The van der Waals surface area contributed by atoms with E-state index in [0.29, 0.717) is 4.88 Å². The average molecular weight is 279 g/mol. The number of hydrogen-bond donors (Lipinski definition) is 2. The second-order valence-electron chi connectivity index (χ2n) is 3.89. The highest BCUT2D eigenvalue weighted by Gasteiger charge is 2.14. The maximum Gasteiger partial charge on any atom is 0.335 e. The molecule has 0 aliphatic carbocycles. The fourth-order valence-corrected chi connectivity index (χ4v) is 2.35. The predicted molar refractivity (Wildman–Crippen MR) is 70.4 cm³/mol. The van der Waals surface area contributed by atoms with Gasteiger partial charge in [0.2, 0.25) is 0 Å². The zero-order chi connectivity index (χ0) is 14.0. The molecule has 0 radical (unpaired) electrons. The molecule has 0 aliphatic rings. The Bertz CT molecular complexity index is 651. The van der Waals surface area contributed by atoms with E-state index < -0.39 is 17.7 Å². The zero-order valence-electron chi connectivity index (χ0n) is 9.94. The van der Waals surface area contributed by atoms with Gasteiger partial charge in [-0.3, -0.25) is 4.79 Å². The largest absolute Gasteiger partial charge is 0.478 e. The van der Waals surface area contributed by atoms with Gasteiger partial charge in [-0.1, -0.05) is 0 Å². The van der Waals surface area contributed by atoms with Crippen LogP contribution in [0.4, 0.5) is 10.1 Å². The number of carboxylic acid groups (broad SMARTS) is 1. The van der Waals surface area contributed by atoms with E-state index in [1.54, 1.807) is 18.4 Å². The van der Waals surface area contributed by atoms with Crippen LogP contribution in [0.3, 0.4) is 0 Å². The maximum absolute atomic E-state index is 13.6. The maximum atomic E-state index is 13.6. The normalized spacial score (nSPS) is 10.2. The van der Waals surface area contributed by atoms with E-state index in [-0.39, 0.29) is 11.3 Å². The number of rotatable bonds is 3. The number of carbonyl (C=O) groups excluding carboxylic acids is 1. The third kappa shape index (κ3) is 2.79. The Kier molecular flexibility index (Phi) is 3.62. The number of carboxylic acids is 1. The summed E-state index contributed by atoms with van der Waals surface area (Å²) in [7, 11) is 0. The summed E-state index contributed by atoms with van der Waals surface area (Å²) in [4.78, 5) is 23.1. The number of amides is 1. The molecule has 2 N–H and O–H groups in total. The van der Waals surface area contributed by atoms with Gasteiger partial charge in [0.05, 0.1) is 16.1 Å². The zero-order valence-corrected chi connectivity index (χ0v) is 10.8. The second kappa shape index (κ2) is 5.19. The fraction of sp³-hybridized carbons (Fsp3) is 0.0769. The number of aryl methyl sites for hydroxylation is 1. The van der Waals surface area contributed by atoms with Crippen LogP contribution >= 0.6 is 11.3 Å². The third-order valence-electron chi connectivity index (χ3n) is 2.53. The molecule has 0 bridgehead atoms. The van der Waals surface area contributed by atoms with Gasteiger partial charge in [0.25, 0.3) is 5.91 Å². The van der Waals surface area contributed by atoms with Crippen LogP contribution in [0.1, 0.15) is 25.6 Å². The van der Waals surface area contributed by atoms with Crippen molar-refractivity contribution in [2.75, 3.05) is 5.32 Å². The minimum Gasteiger partial charge on any atom is -0.478 e. The molecule has 0 saturated carbocycles. The van der Waals surface area contributed by atoms with Gasteiger partial charge in [-0.05, 0) is 42.1 Å². The van der Waals surface area contributed by atoms with Crippen molar-refractivity contribution in [3.8, 4) is 0 Å². The van der Waals surface area contributed by atoms with Crippen molar-refractivity contribution in [1.29, 1.82) is 0 Å². The summed E-state index contributed by atoms with van der Waals surface area (Å²) in [5.41, 5.74) is 0.607. The molecule has 2 aromatic rings. The number of halogens is 1. The van der Waals surface area contributed by atoms with Crippen LogP contribution in [-0.2, 0) is 0 Å².